The van der Waals surface area contributed by atoms with Crippen LogP contribution in [0.4, 0.5) is 13.2 Å². The van der Waals surface area contributed by atoms with Gasteiger partial charge in [-0.15, -0.1) is 11.3 Å². The lowest BCUT2D eigenvalue weighted by atomic mass is 10.2. The van der Waals surface area contributed by atoms with E-state index in [2.05, 4.69) is 4.98 Å². The van der Waals surface area contributed by atoms with Gasteiger partial charge in [0, 0.05) is 11.9 Å². The molecule has 1 amide bonds. The number of carbonyl (C=O) groups excluding carboxylic acids is 1. The minimum Gasteiger partial charge on any atom is -0.325 e. The van der Waals surface area contributed by atoms with Crippen LogP contribution in [0.25, 0.3) is 0 Å². The minimum atomic E-state index is -4.35. The van der Waals surface area contributed by atoms with Crippen molar-refractivity contribution in [1.82, 2.24) is 9.88 Å². The van der Waals surface area contributed by atoms with Crippen molar-refractivity contribution < 1.29 is 18.0 Å². The number of nitrogens with zero attached hydrogens (tertiary/aromatic N) is 2. The molecule has 0 N–H and O–H groups in total. The molecule has 7 heteroatoms. The molecule has 3 nitrogen and oxygen atoms in total. The third kappa shape index (κ3) is 3.08. The summed E-state index contributed by atoms with van der Waals surface area (Å²) in [6, 6.07) is -1.66. The summed E-state index contributed by atoms with van der Waals surface area (Å²) < 4.78 is 38.4. The summed E-state index contributed by atoms with van der Waals surface area (Å²) in [5.41, 5.74) is 0.143. The zero-order valence-corrected chi connectivity index (χ0v) is 11.4. The molecule has 0 aliphatic carbocycles. The quantitative estimate of drug-likeness (QED) is 0.856. The maximum atomic E-state index is 12.8. The molecule has 1 aliphatic rings. The highest BCUT2D eigenvalue weighted by molar-refractivity contribution is 7.09. The molecule has 0 aromatic carbocycles. The number of aromatic nitrogens is 1. The number of aryl methyl sites for hydroxylation is 1. The van der Waals surface area contributed by atoms with Crippen LogP contribution >= 0.6 is 11.3 Å². The molecule has 19 heavy (non-hydrogen) atoms. The Hall–Kier alpha value is -1.11. The first kappa shape index (κ1) is 14.3. The van der Waals surface area contributed by atoms with Gasteiger partial charge in [-0.2, -0.15) is 13.2 Å². The predicted molar refractivity (Wildman–Crippen MR) is 66.2 cm³/mol. The Balaban J connectivity index is 2.14. The molecule has 1 saturated heterocycles. The number of amides is 1. The zero-order valence-electron chi connectivity index (χ0n) is 10.5. The predicted octanol–water partition coefficient (Wildman–Crippen LogP) is 3.26. The van der Waals surface area contributed by atoms with E-state index in [1.807, 2.05) is 6.92 Å². The maximum Gasteiger partial charge on any atom is 0.408 e. The number of hydrogen-bond donors (Lipinski definition) is 0. The van der Waals surface area contributed by atoms with Crippen LogP contribution in [0.3, 0.4) is 0 Å². The second-order valence-electron chi connectivity index (χ2n) is 4.57. The van der Waals surface area contributed by atoms with Gasteiger partial charge in [0.05, 0.1) is 5.01 Å². The number of carbonyl (C=O) groups is 1. The molecule has 0 bridgehead atoms. The smallest absolute Gasteiger partial charge is 0.325 e. The van der Waals surface area contributed by atoms with Gasteiger partial charge in [-0.05, 0) is 25.7 Å². The van der Waals surface area contributed by atoms with E-state index >= 15 is 0 Å². The molecule has 1 aliphatic heterocycles. The molecule has 2 heterocycles. The molecule has 0 saturated carbocycles. The summed E-state index contributed by atoms with van der Waals surface area (Å²) in [6.07, 6.45) is -2.33. The van der Waals surface area contributed by atoms with E-state index in [1.165, 1.54) is 11.3 Å². The first-order chi connectivity index (χ1) is 8.93. The highest BCUT2D eigenvalue weighted by atomic mass is 32.1. The van der Waals surface area contributed by atoms with Crippen LogP contribution in [0.15, 0.2) is 5.38 Å². The Kier molecular flexibility index (Phi) is 4.13. The summed E-state index contributed by atoms with van der Waals surface area (Å²) >= 11 is 1.33. The molecule has 1 aromatic heterocycles. The molecule has 1 unspecified atom stereocenters. The van der Waals surface area contributed by atoms with Crippen LogP contribution in [0.5, 0.6) is 0 Å². The van der Waals surface area contributed by atoms with Crippen molar-refractivity contribution in [1.29, 1.82) is 0 Å². The first-order valence-electron chi connectivity index (χ1n) is 6.25. The van der Waals surface area contributed by atoms with Crippen LogP contribution in [-0.2, 0) is 6.42 Å². The van der Waals surface area contributed by atoms with Gasteiger partial charge in [-0.25, -0.2) is 4.98 Å². The van der Waals surface area contributed by atoms with Crippen molar-refractivity contribution in [2.45, 2.75) is 44.8 Å². The van der Waals surface area contributed by atoms with Crippen LogP contribution in [0.1, 0.15) is 41.7 Å². The van der Waals surface area contributed by atoms with E-state index in [4.69, 9.17) is 0 Å². The van der Waals surface area contributed by atoms with Gasteiger partial charge in [0.25, 0.3) is 5.91 Å². The summed E-state index contributed by atoms with van der Waals surface area (Å²) in [7, 11) is 0. The highest BCUT2D eigenvalue weighted by Gasteiger charge is 2.48. The number of alkyl halides is 3. The van der Waals surface area contributed by atoms with Gasteiger partial charge >= 0.3 is 6.18 Å². The Morgan fingerprint density at radius 3 is 2.95 bits per heavy atom. The van der Waals surface area contributed by atoms with Gasteiger partial charge < -0.3 is 4.90 Å². The lowest BCUT2D eigenvalue weighted by Crippen LogP contribution is -2.44. The van der Waals surface area contributed by atoms with E-state index in [1.54, 1.807) is 5.38 Å². The fourth-order valence-electron chi connectivity index (χ4n) is 2.24. The first-order valence-corrected chi connectivity index (χ1v) is 7.13. The van der Waals surface area contributed by atoms with Crippen LogP contribution in [0.2, 0.25) is 0 Å². The van der Waals surface area contributed by atoms with Gasteiger partial charge in [0.2, 0.25) is 0 Å². The van der Waals surface area contributed by atoms with E-state index in [0.717, 1.165) is 22.7 Å². The third-order valence-electron chi connectivity index (χ3n) is 3.13. The topological polar surface area (TPSA) is 33.2 Å². The molecule has 2 rings (SSSR count). The fraction of sp³-hybridized carbons (Fsp3) is 0.667. The molecular formula is C12H15F3N2OS. The molecule has 0 spiro atoms. The SMILES string of the molecule is CCCc1nc(C(=O)N2CCCC2C(F)(F)F)cs1. The van der Waals surface area contributed by atoms with Gasteiger partial charge in [-0.3, -0.25) is 4.79 Å². The van der Waals surface area contributed by atoms with Gasteiger partial charge in [0.1, 0.15) is 11.7 Å². The van der Waals surface area contributed by atoms with Crippen molar-refractivity contribution in [3.8, 4) is 0 Å². The Morgan fingerprint density at radius 1 is 1.58 bits per heavy atom. The van der Waals surface area contributed by atoms with E-state index in [-0.39, 0.29) is 18.7 Å². The maximum absolute atomic E-state index is 12.8. The number of hydrogen-bond acceptors (Lipinski definition) is 3. The lowest BCUT2D eigenvalue weighted by Gasteiger charge is -2.25. The number of likely N-dealkylation sites (tertiary alicyclic amines) is 1. The summed E-state index contributed by atoms with van der Waals surface area (Å²) in [5, 5.41) is 2.35. The second-order valence-corrected chi connectivity index (χ2v) is 5.52. The van der Waals surface area contributed by atoms with Crippen LogP contribution in [0, 0.1) is 0 Å². The Labute approximate surface area is 113 Å². The van der Waals surface area contributed by atoms with Gasteiger partial charge in [0.15, 0.2) is 0 Å². The molecule has 1 fully saturated rings. The van der Waals surface area contributed by atoms with Crippen molar-refractivity contribution >= 4 is 17.2 Å². The molecule has 106 valence electrons. The zero-order chi connectivity index (χ0) is 14.0. The van der Waals surface area contributed by atoms with Crippen molar-refractivity contribution in [3.05, 3.63) is 16.1 Å². The summed E-state index contributed by atoms with van der Waals surface area (Å²) in [5.74, 6) is -0.599. The monoisotopic (exact) mass is 292 g/mol. The Bertz CT molecular complexity index is 458. The summed E-state index contributed by atoms with van der Waals surface area (Å²) in [6.45, 7) is 2.15. The van der Waals surface area contributed by atoms with E-state index in [0.29, 0.717) is 6.42 Å². The Morgan fingerprint density at radius 2 is 2.32 bits per heavy atom. The number of thiazole rings is 1. The molecule has 1 aromatic rings. The lowest BCUT2D eigenvalue weighted by molar-refractivity contribution is -0.169. The average molecular weight is 292 g/mol. The molecule has 1 atom stereocenters. The third-order valence-corrected chi connectivity index (χ3v) is 4.03. The fourth-order valence-corrected chi connectivity index (χ4v) is 3.11. The van der Waals surface area contributed by atoms with Crippen LogP contribution in [-0.4, -0.2) is 34.6 Å². The minimum absolute atomic E-state index is 0.0127. The normalized spacial score (nSPS) is 20.0. The van der Waals surface area contributed by atoms with Gasteiger partial charge in [-0.1, -0.05) is 6.92 Å². The highest BCUT2D eigenvalue weighted by Crippen LogP contribution is 2.33. The van der Waals surface area contributed by atoms with Crippen molar-refractivity contribution in [2.75, 3.05) is 6.54 Å². The van der Waals surface area contributed by atoms with E-state index < -0.39 is 18.1 Å². The van der Waals surface area contributed by atoms with Crippen molar-refractivity contribution in [3.63, 3.8) is 0 Å². The molecule has 0 radical (unpaired) electrons. The van der Waals surface area contributed by atoms with E-state index in [9.17, 15) is 18.0 Å². The largest absolute Gasteiger partial charge is 0.408 e. The number of rotatable bonds is 3. The number of halogens is 3. The molecular weight excluding hydrogens is 277 g/mol. The van der Waals surface area contributed by atoms with Crippen molar-refractivity contribution in [2.24, 2.45) is 0 Å². The standard InChI is InChI=1S/C12H15F3N2OS/c1-2-4-10-16-8(7-19-10)11(18)17-6-3-5-9(17)12(13,14)15/h7,9H,2-6H2,1H3. The second kappa shape index (κ2) is 5.48. The van der Waals surface area contributed by atoms with Crippen LogP contribution < -0.4 is 0 Å². The average Bonchev–Trinajstić information content (AvgIpc) is 2.95. The summed E-state index contributed by atoms with van der Waals surface area (Å²) in [4.78, 5) is 17.1.